The molecule has 0 aliphatic heterocycles. The predicted octanol–water partition coefficient (Wildman–Crippen LogP) is 2.34. The Morgan fingerprint density at radius 1 is 1.33 bits per heavy atom. The minimum atomic E-state index is -0.129. The van der Waals surface area contributed by atoms with Crippen molar-refractivity contribution >= 4 is 22.9 Å². The third-order valence-electron chi connectivity index (χ3n) is 3.50. The van der Waals surface area contributed by atoms with Gasteiger partial charge in [0, 0.05) is 17.3 Å². The van der Waals surface area contributed by atoms with Gasteiger partial charge in [-0.15, -0.1) is 0 Å². The Labute approximate surface area is 113 Å². The highest BCUT2D eigenvalue weighted by Crippen LogP contribution is 2.25. The zero-order valence-corrected chi connectivity index (χ0v) is 11.5. The van der Waals surface area contributed by atoms with Crippen molar-refractivity contribution in [2.24, 2.45) is 5.73 Å². The van der Waals surface area contributed by atoms with Gasteiger partial charge >= 0.3 is 0 Å². The SMILES string of the molecule is Cc1ccc(C(N)=S)c(NC2CCC(O)CC2)c1. The summed E-state index contributed by atoms with van der Waals surface area (Å²) in [7, 11) is 0. The molecule has 2 rings (SSSR count). The van der Waals surface area contributed by atoms with E-state index in [9.17, 15) is 5.11 Å². The Kier molecular flexibility index (Phi) is 4.19. The first-order chi connectivity index (χ1) is 8.56. The van der Waals surface area contributed by atoms with Crippen molar-refractivity contribution < 1.29 is 5.11 Å². The van der Waals surface area contributed by atoms with Gasteiger partial charge in [-0.3, -0.25) is 0 Å². The van der Waals surface area contributed by atoms with Crippen LogP contribution in [-0.4, -0.2) is 22.2 Å². The summed E-state index contributed by atoms with van der Waals surface area (Å²) in [5.74, 6) is 0. The fourth-order valence-electron chi connectivity index (χ4n) is 2.43. The maximum atomic E-state index is 9.51. The van der Waals surface area contributed by atoms with Crippen molar-refractivity contribution in [3.63, 3.8) is 0 Å². The lowest BCUT2D eigenvalue weighted by molar-refractivity contribution is 0.126. The summed E-state index contributed by atoms with van der Waals surface area (Å²) in [5.41, 5.74) is 8.85. The van der Waals surface area contributed by atoms with Crippen LogP contribution in [0, 0.1) is 6.92 Å². The molecule has 1 aliphatic carbocycles. The van der Waals surface area contributed by atoms with Crippen LogP contribution in [0.15, 0.2) is 18.2 Å². The molecule has 18 heavy (non-hydrogen) atoms. The molecule has 0 bridgehead atoms. The van der Waals surface area contributed by atoms with Crippen LogP contribution in [0.25, 0.3) is 0 Å². The average Bonchev–Trinajstić information content (AvgIpc) is 2.32. The maximum Gasteiger partial charge on any atom is 0.106 e. The third-order valence-corrected chi connectivity index (χ3v) is 3.72. The van der Waals surface area contributed by atoms with Crippen molar-refractivity contribution in [1.82, 2.24) is 0 Å². The number of hydrogen-bond donors (Lipinski definition) is 3. The van der Waals surface area contributed by atoms with E-state index in [1.54, 1.807) is 0 Å². The Bertz CT molecular complexity index is 439. The molecule has 4 N–H and O–H groups in total. The van der Waals surface area contributed by atoms with Crippen molar-refractivity contribution in [3.05, 3.63) is 29.3 Å². The first-order valence-electron chi connectivity index (χ1n) is 6.41. The fourth-order valence-corrected chi connectivity index (χ4v) is 2.61. The van der Waals surface area contributed by atoms with E-state index in [-0.39, 0.29) is 6.10 Å². The number of benzene rings is 1. The highest BCUT2D eigenvalue weighted by molar-refractivity contribution is 7.80. The summed E-state index contributed by atoms with van der Waals surface area (Å²) in [6, 6.07) is 6.48. The number of hydrogen-bond acceptors (Lipinski definition) is 3. The van der Waals surface area contributed by atoms with E-state index < -0.39 is 0 Å². The van der Waals surface area contributed by atoms with Gasteiger partial charge in [-0.05, 0) is 50.3 Å². The number of aryl methyl sites for hydroxylation is 1. The largest absolute Gasteiger partial charge is 0.393 e. The van der Waals surface area contributed by atoms with E-state index in [1.807, 2.05) is 12.1 Å². The summed E-state index contributed by atoms with van der Waals surface area (Å²) in [4.78, 5) is 0.424. The minimum absolute atomic E-state index is 0.129. The molecular formula is C14H20N2OS. The van der Waals surface area contributed by atoms with Crippen LogP contribution in [0.4, 0.5) is 5.69 Å². The first-order valence-corrected chi connectivity index (χ1v) is 6.82. The molecule has 1 fully saturated rings. The molecule has 3 nitrogen and oxygen atoms in total. The summed E-state index contributed by atoms with van der Waals surface area (Å²) in [6.07, 6.45) is 3.59. The van der Waals surface area contributed by atoms with E-state index >= 15 is 0 Å². The number of rotatable bonds is 3. The number of aliphatic hydroxyl groups is 1. The van der Waals surface area contributed by atoms with Gasteiger partial charge < -0.3 is 16.2 Å². The zero-order valence-electron chi connectivity index (χ0n) is 10.6. The van der Waals surface area contributed by atoms with Gasteiger partial charge in [0.15, 0.2) is 0 Å². The third kappa shape index (κ3) is 3.21. The second-order valence-electron chi connectivity index (χ2n) is 5.06. The second-order valence-corrected chi connectivity index (χ2v) is 5.50. The molecule has 1 aromatic rings. The highest BCUT2D eigenvalue weighted by Gasteiger charge is 2.20. The molecule has 0 aromatic heterocycles. The van der Waals surface area contributed by atoms with Crippen molar-refractivity contribution in [2.75, 3.05) is 5.32 Å². The van der Waals surface area contributed by atoms with Gasteiger partial charge in [-0.1, -0.05) is 18.3 Å². The van der Waals surface area contributed by atoms with Crippen LogP contribution in [0.2, 0.25) is 0 Å². The lowest BCUT2D eigenvalue weighted by Crippen LogP contribution is -2.29. The average molecular weight is 264 g/mol. The van der Waals surface area contributed by atoms with Gasteiger partial charge in [0.2, 0.25) is 0 Å². The Morgan fingerprint density at radius 2 is 2.00 bits per heavy atom. The predicted molar refractivity (Wildman–Crippen MR) is 79.0 cm³/mol. The van der Waals surface area contributed by atoms with E-state index in [0.29, 0.717) is 11.0 Å². The molecule has 0 saturated heterocycles. The molecule has 0 unspecified atom stereocenters. The van der Waals surface area contributed by atoms with E-state index in [4.69, 9.17) is 18.0 Å². The van der Waals surface area contributed by atoms with Crippen molar-refractivity contribution in [3.8, 4) is 0 Å². The lowest BCUT2D eigenvalue weighted by atomic mass is 9.92. The number of nitrogens with one attached hydrogen (secondary N) is 1. The first kappa shape index (κ1) is 13.3. The van der Waals surface area contributed by atoms with E-state index in [2.05, 4.69) is 18.3 Å². The van der Waals surface area contributed by atoms with Crippen LogP contribution >= 0.6 is 12.2 Å². The second kappa shape index (κ2) is 5.67. The monoisotopic (exact) mass is 264 g/mol. The van der Waals surface area contributed by atoms with Crippen LogP contribution in [0.1, 0.15) is 36.8 Å². The summed E-state index contributed by atoms with van der Waals surface area (Å²) >= 11 is 5.08. The summed E-state index contributed by atoms with van der Waals surface area (Å²) < 4.78 is 0. The van der Waals surface area contributed by atoms with Gasteiger partial charge in [0.25, 0.3) is 0 Å². The van der Waals surface area contributed by atoms with Crippen LogP contribution in [0.5, 0.6) is 0 Å². The summed E-state index contributed by atoms with van der Waals surface area (Å²) in [6.45, 7) is 2.05. The minimum Gasteiger partial charge on any atom is -0.393 e. The lowest BCUT2D eigenvalue weighted by Gasteiger charge is -2.28. The molecule has 1 saturated carbocycles. The van der Waals surface area contributed by atoms with Crippen molar-refractivity contribution in [2.45, 2.75) is 44.8 Å². The normalized spacial score (nSPS) is 23.7. The molecule has 0 spiro atoms. The smallest absolute Gasteiger partial charge is 0.106 e. The fraction of sp³-hybridized carbons (Fsp3) is 0.500. The quantitative estimate of drug-likeness (QED) is 0.734. The molecule has 0 atom stereocenters. The van der Waals surface area contributed by atoms with Gasteiger partial charge in [0.05, 0.1) is 6.10 Å². The highest BCUT2D eigenvalue weighted by atomic mass is 32.1. The molecule has 0 amide bonds. The molecule has 98 valence electrons. The van der Waals surface area contributed by atoms with Crippen molar-refractivity contribution in [1.29, 1.82) is 0 Å². The van der Waals surface area contributed by atoms with Gasteiger partial charge in [0.1, 0.15) is 4.99 Å². The molecule has 1 aliphatic rings. The molecule has 4 heteroatoms. The van der Waals surface area contributed by atoms with Crippen LogP contribution < -0.4 is 11.1 Å². The molecule has 1 aromatic carbocycles. The standard InChI is InChI=1S/C14H20N2OS/c1-9-2-7-12(14(15)18)13(8-9)16-10-3-5-11(17)6-4-10/h2,7-8,10-11,16-17H,3-6H2,1H3,(H2,15,18). The van der Waals surface area contributed by atoms with E-state index in [1.165, 1.54) is 5.56 Å². The number of nitrogens with two attached hydrogens (primary N) is 1. The summed E-state index contributed by atoms with van der Waals surface area (Å²) in [5, 5.41) is 13.0. The van der Waals surface area contributed by atoms with Crippen LogP contribution in [-0.2, 0) is 0 Å². The Hall–Kier alpha value is -1.13. The number of thiocarbonyl (C=S) groups is 1. The number of anilines is 1. The molecule has 0 radical (unpaired) electrons. The molecular weight excluding hydrogens is 244 g/mol. The molecule has 0 heterocycles. The number of aliphatic hydroxyl groups excluding tert-OH is 1. The van der Waals surface area contributed by atoms with Crippen LogP contribution in [0.3, 0.4) is 0 Å². The van der Waals surface area contributed by atoms with E-state index in [0.717, 1.165) is 36.9 Å². The topological polar surface area (TPSA) is 58.3 Å². The Balaban J connectivity index is 2.12. The van der Waals surface area contributed by atoms with Gasteiger partial charge in [-0.2, -0.15) is 0 Å². The Morgan fingerprint density at radius 3 is 2.61 bits per heavy atom. The van der Waals surface area contributed by atoms with Gasteiger partial charge in [-0.25, -0.2) is 0 Å². The maximum absolute atomic E-state index is 9.51. The zero-order chi connectivity index (χ0) is 13.1.